The standard InChI is InChI=1S/C5H6F2N2/c1-2-5-4(6)3-8-9(5)7/h3H,2H2,1H3. The van der Waals surface area contributed by atoms with Crippen molar-refractivity contribution in [3.8, 4) is 0 Å². The summed E-state index contributed by atoms with van der Waals surface area (Å²) in [4.78, 5) is 0.0509. The Balaban J connectivity index is 3.07. The molecule has 0 atom stereocenters. The Morgan fingerprint density at radius 1 is 1.78 bits per heavy atom. The molecule has 2 nitrogen and oxygen atoms in total. The van der Waals surface area contributed by atoms with Gasteiger partial charge in [-0.2, -0.15) is 0 Å². The first-order chi connectivity index (χ1) is 4.25. The molecule has 1 heterocycles. The lowest BCUT2D eigenvalue weighted by Gasteiger charge is -1.89. The van der Waals surface area contributed by atoms with Gasteiger partial charge in [-0.3, -0.25) is 0 Å². The molecule has 1 aromatic rings. The van der Waals surface area contributed by atoms with Crippen LogP contribution in [0.5, 0.6) is 0 Å². The lowest BCUT2D eigenvalue weighted by molar-refractivity contribution is 0.300. The summed E-state index contributed by atoms with van der Waals surface area (Å²) in [6.45, 7) is 1.66. The minimum absolute atomic E-state index is 0.00463. The van der Waals surface area contributed by atoms with E-state index in [1.165, 1.54) is 0 Å². The van der Waals surface area contributed by atoms with Crippen molar-refractivity contribution in [2.45, 2.75) is 13.3 Å². The summed E-state index contributed by atoms with van der Waals surface area (Å²) >= 11 is 0. The van der Waals surface area contributed by atoms with Crippen molar-refractivity contribution in [1.82, 2.24) is 10.0 Å². The largest absolute Gasteiger partial charge is 0.203 e. The smallest absolute Gasteiger partial charge is 0.167 e. The SMILES string of the molecule is CCc1c(F)cnn1F. The van der Waals surface area contributed by atoms with Crippen molar-refractivity contribution in [3.63, 3.8) is 0 Å². The highest BCUT2D eigenvalue weighted by Gasteiger charge is 2.06. The van der Waals surface area contributed by atoms with Crippen molar-refractivity contribution in [2.24, 2.45) is 0 Å². The first kappa shape index (κ1) is 6.19. The maximum absolute atomic E-state index is 12.3. The third-order valence-electron chi connectivity index (χ3n) is 1.11. The molecule has 0 bridgehead atoms. The lowest BCUT2D eigenvalue weighted by atomic mass is 10.3. The maximum Gasteiger partial charge on any atom is 0.167 e. The Morgan fingerprint density at radius 2 is 2.44 bits per heavy atom. The molecule has 0 aliphatic carbocycles. The third-order valence-corrected chi connectivity index (χ3v) is 1.11. The van der Waals surface area contributed by atoms with Crippen LogP contribution in [0.4, 0.5) is 8.87 Å². The highest BCUT2D eigenvalue weighted by molar-refractivity contribution is 5.01. The van der Waals surface area contributed by atoms with Crippen LogP contribution in [0.3, 0.4) is 0 Å². The first-order valence-electron chi connectivity index (χ1n) is 2.64. The minimum Gasteiger partial charge on any atom is -0.203 e. The van der Waals surface area contributed by atoms with E-state index in [9.17, 15) is 8.87 Å². The second-order valence-electron chi connectivity index (χ2n) is 1.65. The van der Waals surface area contributed by atoms with Gasteiger partial charge in [0, 0.05) is 0 Å². The number of rotatable bonds is 1. The Labute approximate surface area is 51.0 Å². The summed E-state index contributed by atoms with van der Waals surface area (Å²) in [5.41, 5.74) is -0.00463. The van der Waals surface area contributed by atoms with Crippen molar-refractivity contribution in [3.05, 3.63) is 17.7 Å². The van der Waals surface area contributed by atoms with Crippen LogP contribution in [-0.4, -0.2) is 10.0 Å². The molecule has 0 aliphatic heterocycles. The normalized spacial score (nSPS) is 10.1. The van der Waals surface area contributed by atoms with Gasteiger partial charge in [-0.05, 0) is 6.42 Å². The fourth-order valence-electron chi connectivity index (χ4n) is 0.633. The summed E-state index contributed by atoms with van der Waals surface area (Å²) < 4.78 is 24.5. The predicted molar refractivity (Wildman–Crippen MR) is 28.1 cm³/mol. The molecule has 0 saturated heterocycles. The minimum atomic E-state index is -0.583. The summed E-state index contributed by atoms with van der Waals surface area (Å²) in [6.07, 6.45) is 1.18. The van der Waals surface area contributed by atoms with Gasteiger partial charge < -0.3 is 0 Å². The van der Waals surface area contributed by atoms with Gasteiger partial charge >= 0.3 is 0 Å². The molecule has 9 heavy (non-hydrogen) atoms. The van der Waals surface area contributed by atoms with Crippen LogP contribution in [0, 0.1) is 5.82 Å². The Bertz CT molecular complexity index is 187. The van der Waals surface area contributed by atoms with Crippen molar-refractivity contribution in [2.75, 3.05) is 0 Å². The predicted octanol–water partition coefficient (Wildman–Crippen LogP) is 1.32. The summed E-state index contributed by atoms with van der Waals surface area (Å²) in [6, 6.07) is 0. The number of hydrogen-bond acceptors (Lipinski definition) is 1. The molecule has 1 rings (SSSR count). The zero-order valence-electron chi connectivity index (χ0n) is 4.93. The number of nitrogens with zero attached hydrogens (tertiary/aromatic N) is 2. The lowest BCUT2D eigenvalue weighted by Crippen LogP contribution is -1.92. The first-order valence-corrected chi connectivity index (χ1v) is 2.64. The zero-order chi connectivity index (χ0) is 6.85. The number of aromatic nitrogens is 2. The van der Waals surface area contributed by atoms with Crippen molar-refractivity contribution < 1.29 is 8.87 Å². The molecule has 0 amide bonds. The van der Waals surface area contributed by atoms with Crippen LogP contribution in [0.2, 0.25) is 0 Å². The van der Waals surface area contributed by atoms with Gasteiger partial charge in [0.15, 0.2) is 5.82 Å². The van der Waals surface area contributed by atoms with E-state index in [4.69, 9.17) is 0 Å². The van der Waals surface area contributed by atoms with E-state index in [2.05, 4.69) is 5.10 Å². The van der Waals surface area contributed by atoms with Gasteiger partial charge in [-0.15, -0.1) is 5.10 Å². The van der Waals surface area contributed by atoms with Gasteiger partial charge in [0.1, 0.15) is 5.69 Å². The molecule has 0 unspecified atom stereocenters. The molecule has 1 aromatic heterocycles. The topological polar surface area (TPSA) is 17.8 Å². The Morgan fingerprint density at radius 3 is 2.67 bits per heavy atom. The van der Waals surface area contributed by atoms with Crippen LogP contribution in [-0.2, 0) is 6.42 Å². The molecule has 0 saturated carbocycles. The maximum atomic E-state index is 12.3. The van der Waals surface area contributed by atoms with Gasteiger partial charge in [0.25, 0.3) is 0 Å². The fourth-order valence-corrected chi connectivity index (χ4v) is 0.633. The summed E-state index contributed by atoms with van der Waals surface area (Å²) in [5, 5.41) is 3.06. The van der Waals surface area contributed by atoms with Crippen LogP contribution < -0.4 is 0 Å². The Hall–Kier alpha value is -0.930. The van der Waals surface area contributed by atoms with Gasteiger partial charge in [0.2, 0.25) is 0 Å². The monoisotopic (exact) mass is 132 g/mol. The number of hydrogen-bond donors (Lipinski definition) is 0. The molecular weight excluding hydrogens is 126 g/mol. The van der Waals surface area contributed by atoms with Gasteiger partial charge in [-0.25, -0.2) is 4.39 Å². The van der Waals surface area contributed by atoms with Crippen LogP contribution in [0.25, 0.3) is 0 Å². The van der Waals surface area contributed by atoms with E-state index >= 15 is 0 Å². The van der Waals surface area contributed by atoms with Crippen LogP contribution in [0.1, 0.15) is 12.6 Å². The summed E-state index contributed by atoms with van der Waals surface area (Å²) in [5.74, 6) is -0.583. The third kappa shape index (κ3) is 0.918. The van der Waals surface area contributed by atoms with Crippen molar-refractivity contribution in [1.29, 1.82) is 0 Å². The molecule has 0 fully saturated rings. The molecule has 0 N–H and O–H groups in total. The van der Waals surface area contributed by atoms with E-state index in [1.807, 2.05) is 0 Å². The van der Waals surface area contributed by atoms with E-state index in [0.29, 0.717) is 6.42 Å². The summed E-state index contributed by atoms with van der Waals surface area (Å²) in [7, 11) is 0. The zero-order valence-corrected chi connectivity index (χ0v) is 4.93. The highest BCUT2D eigenvalue weighted by Crippen LogP contribution is 2.05. The van der Waals surface area contributed by atoms with E-state index in [1.54, 1.807) is 6.92 Å². The second kappa shape index (κ2) is 2.13. The fraction of sp³-hybridized carbons (Fsp3) is 0.400. The molecule has 0 spiro atoms. The van der Waals surface area contributed by atoms with Crippen LogP contribution in [0.15, 0.2) is 6.20 Å². The number of halogens is 2. The highest BCUT2D eigenvalue weighted by atomic mass is 19.2. The molecule has 50 valence electrons. The average molecular weight is 132 g/mol. The second-order valence-corrected chi connectivity index (χ2v) is 1.65. The van der Waals surface area contributed by atoms with Gasteiger partial charge in [-0.1, -0.05) is 16.3 Å². The molecule has 0 aromatic carbocycles. The molecule has 4 heteroatoms. The van der Waals surface area contributed by atoms with E-state index < -0.39 is 5.82 Å². The van der Waals surface area contributed by atoms with Crippen molar-refractivity contribution >= 4 is 0 Å². The average Bonchev–Trinajstić information content (AvgIpc) is 2.12. The van der Waals surface area contributed by atoms with Crippen LogP contribution >= 0.6 is 0 Å². The van der Waals surface area contributed by atoms with E-state index in [0.717, 1.165) is 6.20 Å². The molecule has 0 aliphatic rings. The Kier molecular flexibility index (Phi) is 1.46. The quantitative estimate of drug-likeness (QED) is 0.563. The molecular formula is C5H6F2N2. The van der Waals surface area contributed by atoms with Gasteiger partial charge in [0.05, 0.1) is 6.20 Å². The molecule has 0 radical (unpaired) electrons. The van der Waals surface area contributed by atoms with E-state index in [-0.39, 0.29) is 10.6 Å².